The second kappa shape index (κ2) is 5.81. The molecule has 5 nitrogen and oxygen atoms in total. The van der Waals surface area contributed by atoms with Crippen LogP contribution in [0.3, 0.4) is 0 Å². The summed E-state index contributed by atoms with van der Waals surface area (Å²) in [6.45, 7) is 0. The standard InChI is InChI=1S/C17H16N4O/c1-20(2)14-10-7-13(8-11-14)9-12-17(22)21-16-6-4-3-5-15(16)18-19-21/h3-12H,1-2H3/b12-9+. The zero-order chi connectivity index (χ0) is 15.5. The molecule has 0 aliphatic heterocycles. The Kier molecular flexibility index (Phi) is 3.70. The predicted octanol–water partition coefficient (Wildman–Crippen LogP) is 2.85. The normalized spacial score (nSPS) is 11.2. The molecule has 5 heteroatoms. The van der Waals surface area contributed by atoms with Gasteiger partial charge in [-0.05, 0) is 35.9 Å². The Balaban J connectivity index is 1.81. The van der Waals surface area contributed by atoms with Crippen LogP contribution in [0.5, 0.6) is 0 Å². The largest absolute Gasteiger partial charge is 0.378 e. The first-order chi connectivity index (χ1) is 10.6. The van der Waals surface area contributed by atoms with E-state index in [0.29, 0.717) is 11.0 Å². The molecule has 0 radical (unpaired) electrons. The fourth-order valence-electron chi connectivity index (χ4n) is 2.15. The van der Waals surface area contributed by atoms with Gasteiger partial charge in [-0.3, -0.25) is 4.79 Å². The summed E-state index contributed by atoms with van der Waals surface area (Å²) in [5.41, 5.74) is 3.49. The van der Waals surface area contributed by atoms with E-state index in [1.54, 1.807) is 6.08 Å². The lowest BCUT2D eigenvalue weighted by Gasteiger charge is -2.11. The molecule has 0 N–H and O–H groups in total. The molecule has 1 heterocycles. The van der Waals surface area contributed by atoms with Gasteiger partial charge >= 0.3 is 0 Å². The van der Waals surface area contributed by atoms with Crippen LogP contribution in [0, 0.1) is 0 Å². The van der Waals surface area contributed by atoms with Crippen LogP contribution in [-0.2, 0) is 0 Å². The highest BCUT2D eigenvalue weighted by Crippen LogP contribution is 2.14. The highest BCUT2D eigenvalue weighted by molar-refractivity contribution is 5.98. The number of fused-ring (bicyclic) bond motifs is 1. The van der Waals surface area contributed by atoms with Gasteiger partial charge in [0.05, 0.1) is 5.52 Å². The Bertz CT molecular complexity index is 831. The van der Waals surface area contributed by atoms with Gasteiger partial charge in [0.2, 0.25) is 0 Å². The summed E-state index contributed by atoms with van der Waals surface area (Å²) in [7, 11) is 3.98. The molecule has 0 aliphatic rings. The molecule has 0 saturated carbocycles. The number of para-hydroxylation sites is 1. The molecule has 0 spiro atoms. The van der Waals surface area contributed by atoms with Crippen molar-refractivity contribution in [2.24, 2.45) is 0 Å². The summed E-state index contributed by atoms with van der Waals surface area (Å²) < 4.78 is 1.31. The van der Waals surface area contributed by atoms with E-state index < -0.39 is 0 Å². The highest BCUT2D eigenvalue weighted by atomic mass is 16.2. The van der Waals surface area contributed by atoms with E-state index in [1.165, 1.54) is 10.8 Å². The quantitative estimate of drug-likeness (QED) is 0.697. The van der Waals surface area contributed by atoms with Gasteiger partial charge < -0.3 is 4.90 Å². The minimum atomic E-state index is -0.217. The maximum atomic E-state index is 12.2. The molecule has 2 aromatic carbocycles. The maximum absolute atomic E-state index is 12.2. The van der Waals surface area contributed by atoms with Crippen LogP contribution in [0.1, 0.15) is 10.4 Å². The Labute approximate surface area is 128 Å². The smallest absolute Gasteiger partial charge is 0.272 e. The first-order valence-electron chi connectivity index (χ1n) is 6.95. The maximum Gasteiger partial charge on any atom is 0.272 e. The van der Waals surface area contributed by atoms with E-state index in [0.717, 1.165) is 11.3 Å². The van der Waals surface area contributed by atoms with Crippen LogP contribution in [0.25, 0.3) is 17.1 Å². The summed E-state index contributed by atoms with van der Waals surface area (Å²) >= 11 is 0. The third kappa shape index (κ3) is 2.74. The van der Waals surface area contributed by atoms with Crippen molar-refractivity contribution in [1.29, 1.82) is 0 Å². The monoisotopic (exact) mass is 292 g/mol. The van der Waals surface area contributed by atoms with Crippen molar-refractivity contribution in [3.63, 3.8) is 0 Å². The van der Waals surface area contributed by atoms with Crippen molar-refractivity contribution in [3.8, 4) is 0 Å². The first-order valence-corrected chi connectivity index (χ1v) is 6.95. The van der Waals surface area contributed by atoms with Gasteiger partial charge in [0.15, 0.2) is 0 Å². The second-order valence-corrected chi connectivity index (χ2v) is 5.15. The van der Waals surface area contributed by atoms with Crippen molar-refractivity contribution < 1.29 is 4.79 Å². The molecular weight excluding hydrogens is 276 g/mol. The minimum absolute atomic E-state index is 0.217. The van der Waals surface area contributed by atoms with Crippen LogP contribution in [-0.4, -0.2) is 35.0 Å². The van der Waals surface area contributed by atoms with Crippen LogP contribution in [0.2, 0.25) is 0 Å². The third-order valence-electron chi connectivity index (χ3n) is 3.39. The number of aromatic nitrogens is 3. The van der Waals surface area contributed by atoms with Crippen LogP contribution >= 0.6 is 0 Å². The van der Waals surface area contributed by atoms with Gasteiger partial charge in [0, 0.05) is 25.9 Å². The van der Waals surface area contributed by atoms with Crippen LogP contribution in [0.15, 0.2) is 54.6 Å². The number of rotatable bonds is 3. The molecule has 1 aromatic heterocycles. The number of allylic oxidation sites excluding steroid dienone is 1. The van der Waals surface area contributed by atoms with Crippen LogP contribution in [0.4, 0.5) is 5.69 Å². The third-order valence-corrected chi connectivity index (χ3v) is 3.39. The van der Waals surface area contributed by atoms with Gasteiger partial charge in [-0.25, -0.2) is 0 Å². The molecular formula is C17H16N4O. The van der Waals surface area contributed by atoms with Crippen molar-refractivity contribution in [2.45, 2.75) is 0 Å². The fourth-order valence-corrected chi connectivity index (χ4v) is 2.15. The first kappa shape index (κ1) is 14.0. The zero-order valence-corrected chi connectivity index (χ0v) is 12.5. The van der Waals surface area contributed by atoms with E-state index in [4.69, 9.17) is 0 Å². The molecule has 0 unspecified atom stereocenters. The number of carbonyl (C=O) groups excluding carboxylic acids is 1. The Morgan fingerprint density at radius 2 is 1.82 bits per heavy atom. The summed E-state index contributed by atoms with van der Waals surface area (Å²) in [5, 5.41) is 7.88. The summed E-state index contributed by atoms with van der Waals surface area (Å²) in [5.74, 6) is -0.217. The van der Waals surface area contributed by atoms with Gasteiger partial charge in [-0.15, -0.1) is 5.10 Å². The van der Waals surface area contributed by atoms with Gasteiger partial charge in [0.1, 0.15) is 5.52 Å². The molecule has 3 aromatic rings. The molecule has 0 amide bonds. The topological polar surface area (TPSA) is 51.0 Å². The molecule has 22 heavy (non-hydrogen) atoms. The zero-order valence-electron chi connectivity index (χ0n) is 12.5. The lowest BCUT2D eigenvalue weighted by molar-refractivity contribution is 0.0958. The molecule has 110 valence electrons. The molecule has 0 atom stereocenters. The number of hydrogen-bond acceptors (Lipinski definition) is 4. The van der Waals surface area contributed by atoms with Gasteiger partial charge in [-0.2, -0.15) is 4.68 Å². The number of benzene rings is 2. The summed E-state index contributed by atoms with van der Waals surface area (Å²) in [6.07, 6.45) is 3.28. The predicted molar refractivity (Wildman–Crippen MR) is 88.0 cm³/mol. The number of hydrogen-bond donors (Lipinski definition) is 0. The Hall–Kier alpha value is -2.95. The van der Waals surface area contributed by atoms with E-state index >= 15 is 0 Å². The van der Waals surface area contributed by atoms with Gasteiger partial charge in [-0.1, -0.05) is 29.5 Å². The highest BCUT2D eigenvalue weighted by Gasteiger charge is 2.08. The van der Waals surface area contributed by atoms with Crippen molar-refractivity contribution >= 4 is 28.7 Å². The minimum Gasteiger partial charge on any atom is -0.378 e. The van der Waals surface area contributed by atoms with Gasteiger partial charge in [0.25, 0.3) is 5.91 Å². The lowest BCUT2D eigenvalue weighted by atomic mass is 10.2. The average Bonchev–Trinajstić information content (AvgIpc) is 2.97. The second-order valence-electron chi connectivity index (χ2n) is 5.15. The van der Waals surface area contributed by atoms with Crippen LogP contribution < -0.4 is 4.90 Å². The van der Waals surface area contributed by atoms with E-state index in [1.807, 2.05) is 67.5 Å². The number of nitrogens with zero attached hydrogens (tertiary/aromatic N) is 4. The van der Waals surface area contributed by atoms with E-state index in [2.05, 4.69) is 10.3 Å². The summed E-state index contributed by atoms with van der Waals surface area (Å²) in [6, 6.07) is 15.3. The van der Waals surface area contributed by atoms with Crippen molar-refractivity contribution in [2.75, 3.05) is 19.0 Å². The van der Waals surface area contributed by atoms with E-state index in [9.17, 15) is 4.79 Å². The average molecular weight is 292 g/mol. The molecule has 3 rings (SSSR count). The number of anilines is 1. The molecule has 0 fully saturated rings. The lowest BCUT2D eigenvalue weighted by Crippen LogP contribution is -2.09. The number of carbonyl (C=O) groups is 1. The molecule has 0 bridgehead atoms. The molecule has 0 aliphatic carbocycles. The Morgan fingerprint density at radius 3 is 2.55 bits per heavy atom. The Morgan fingerprint density at radius 1 is 1.09 bits per heavy atom. The summed E-state index contributed by atoms with van der Waals surface area (Å²) in [4.78, 5) is 14.3. The van der Waals surface area contributed by atoms with Crippen molar-refractivity contribution in [1.82, 2.24) is 15.0 Å². The SMILES string of the molecule is CN(C)c1ccc(/C=C/C(=O)n2nnc3ccccc32)cc1. The fraction of sp³-hybridized carbons (Fsp3) is 0.118. The molecule has 0 saturated heterocycles. The van der Waals surface area contributed by atoms with Crippen molar-refractivity contribution in [3.05, 3.63) is 60.2 Å². The van der Waals surface area contributed by atoms with E-state index in [-0.39, 0.29) is 5.91 Å².